The zero-order chi connectivity index (χ0) is 14.0. The minimum atomic E-state index is -0.661. The fraction of sp³-hybridized carbons (Fsp3) is 0.222. The van der Waals surface area contributed by atoms with E-state index in [4.69, 9.17) is 5.26 Å². The Morgan fingerprint density at radius 2 is 1.70 bits per heavy atom. The van der Waals surface area contributed by atoms with E-state index in [1.165, 1.54) is 11.1 Å². The summed E-state index contributed by atoms with van der Waals surface area (Å²) >= 11 is 0. The molecule has 0 bridgehead atoms. The molecule has 0 N–H and O–H groups in total. The van der Waals surface area contributed by atoms with Crippen molar-refractivity contribution in [3.05, 3.63) is 71.3 Å². The summed E-state index contributed by atoms with van der Waals surface area (Å²) in [6.45, 7) is 0. The Hall–Kier alpha value is -2.58. The number of nitriles is 2. The van der Waals surface area contributed by atoms with E-state index in [0.717, 1.165) is 5.56 Å². The highest BCUT2D eigenvalue weighted by Crippen LogP contribution is 2.50. The number of rotatable bonds is 2. The third-order valence-corrected chi connectivity index (χ3v) is 4.20. The van der Waals surface area contributed by atoms with Crippen LogP contribution in [-0.2, 0) is 5.41 Å². The van der Waals surface area contributed by atoms with Crippen molar-refractivity contribution < 1.29 is 0 Å². The molecule has 2 unspecified atom stereocenters. The van der Waals surface area contributed by atoms with Gasteiger partial charge in [-0.25, -0.2) is 0 Å². The van der Waals surface area contributed by atoms with Gasteiger partial charge in [0.1, 0.15) is 0 Å². The zero-order valence-electron chi connectivity index (χ0n) is 11.1. The van der Waals surface area contributed by atoms with Gasteiger partial charge in [0.2, 0.25) is 0 Å². The minimum Gasteiger partial charge on any atom is -0.198 e. The summed E-state index contributed by atoms with van der Waals surface area (Å²) < 4.78 is 0. The van der Waals surface area contributed by atoms with E-state index in [2.05, 4.69) is 30.3 Å². The lowest BCUT2D eigenvalue weighted by atomic mass is 9.79. The molecule has 0 radical (unpaired) electrons. The fourth-order valence-corrected chi connectivity index (χ4v) is 3.24. The molecule has 0 saturated heterocycles. The third kappa shape index (κ3) is 1.78. The monoisotopic (exact) mass is 258 g/mol. The molecule has 20 heavy (non-hydrogen) atoms. The van der Waals surface area contributed by atoms with E-state index in [0.29, 0.717) is 6.42 Å². The summed E-state index contributed by atoms with van der Waals surface area (Å²) in [5.41, 5.74) is 2.77. The van der Waals surface area contributed by atoms with Crippen LogP contribution in [0.5, 0.6) is 0 Å². The van der Waals surface area contributed by atoms with Crippen LogP contribution in [-0.4, -0.2) is 0 Å². The lowest BCUT2D eigenvalue weighted by Gasteiger charge is -2.18. The second kappa shape index (κ2) is 4.83. The van der Waals surface area contributed by atoms with Crippen molar-refractivity contribution >= 4 is 0 Å². The quantitative estimate of drug-likeness (QED) is 0.820. The Kier molecular flexibility index (Phi) is 3.01. The van der Waals surface area contributed by atoms with Crippen molar-refractivity contribution in [3.63, 3.8) is 0 Å². The van der Waals surface area contributed by atoms with E-state index >= 15 is 0 Å². The Morgan fingerprint density at radius 3 is 2.40 bits per heavy atom. The normalized spacial score (nSPS) is 23.6. The van der Waals surface area contributed by atoms with Gasteiger partial charge in [0, 0.05) is 5.92 Å². The molecule has 0 aliphatic heterocycles. The van der Waals surface area contributed by atoms with Crippen LogP contribution in [0.3, 0.4) is 0 Å². The lowest BCUT2D eigenvalue weighted by Crippen LogP contribution is -2.20. The van der Waals surface area contributed by atoms with Crippen molar-refractivity contribution in [2.45, 2.75) is 24.2 Å². The van der Waals surface area contributed by atoms with Crippen LogP contribution < -0.4 is 0 Å². The number of benzene rings is 2. The van der Waals surface area contributed by atoms with Gasteiger partial charge in [-0.2, -0.15) is 10.5 Å². The maximum Gasteiger partial charge on any atom is 0.0963 e. The van der Waals surface area contributed by atoms with Crippen molar-refractivity contribution in [2.75, 3.05) is 0 Å². The fourth-order valence-electron chi connectivity index (χ4n) is 3.24. The van der Waals surface area contributed by atoms with Crippen LogP contribution >= 0.6 is 0 Å². The molecule has 0 saturated carbocycles. The highest BCUT2D eigenvalue weighted by Gasteiger charge is 2.44. The molecule has 2 atom stereocenters. The number of nitrogens with zero attached hydrogens (tertiary/aromatic N) is 2. The van der Waals surface area contributed by atoms with Gasteiger partial charge < -0.3 is 0 Å². The summed E-state index contributed by atoms with van der Waals surface area (Å²) in [6.07, 6.45) is 0.949. The molecule has 0 amide bonds. The highest BCUT2D eigenvalue weighted by atomic mass is 14.5. The molecular formula is C18H14N2. The number of fused-ring (bicyclic) bond motifs is 1. The second-order valence-corrected chi connectivity index (χ2v) is 5.28. The lowest BCUT2D eigenvalue weighted by molar-refractivity contribution is 0.532. The van der Waals surface area contributed by atoms with Crippen molar-refractivity contribution in [1.29, 1.82) is 10.5 Å². The first kappa shape index (κ1) is 12.5. The number of hydrogen-bond donors (Lipinski definition) is 0. The molecule has 0 fully saturated rings. The van der Waals surface area contributed by atoms with Gasteiger partial charge in [-0.15, -0.1) is 0 Å². The van der Waals surface area contributed by atoms with Crippen LogP contribution in [0.4, 0.5) is 0 Å². The zero-order valence-corrected chi connectivity index (χ0v) is 11.1. The second-order valence-electron chi connectivity index (χ2n) is 5.28. The van der Waals surface area contributed by atoms with Gasteiger partial charge in [0.05, 0.1) is 24.0 Å². The van der Waals surface area contributed by atoms with Gasteiger partial charge in [-0.05, 0) is 23.1 Å². The molecule has 2 heteroatoms. The smallest absolute Gasteiger partial charge is 0.0963 e. The standard InChI is InChI=1S/C18H14N2/c19-11-10-18(13-20)12-16(14-6-2-1-3-7-14)15-8-4-5-9-17(15)18/h1-9,16H,10,12H2. The largest absolute Gasteiger partial charge is 0.198 e. The summed E-state index contributed by atoms with van der Waals surface area (Å²) in [5.74, 6) is 0.209. The van der Waals surface area contributed by atoms with Gasteiger partial charge in [0.15, 0.2) is 0 Å². The summed E-state index contributed by atoms with van der Waals surface area (Å²) in [4.78, 5) is 0. The third-order valence-electron chi connectivity index (χ3n) is 4.20. The minimum absolute atomic E-state index is 0.209. The topological polar surface area (TPSA) is 47.6 Å². The SMILES string of the molecule is N#CCC1(C#N)CC(c2ccccc2)c2ccccc21. The van der Waals surface area contributed by atoms with Gasteiger partial charge in [-0.1, -0.05) is 54.6 Å². The van der Waals surface area contributed by atoms with E-state index < -0.39 is 5.41 Å². The predicted molar refractivity (Wildman–Crippen MR) is 76.9 cm³/mol. The summed E-state index contributed by atoms with van der Waals surface area (Å²) in [5, 5.41) is 18.8. The van der Waals surface area contributed by atoms with Crippen molar-refractivity contribution in [2.24, 2.45) is 0 Å². The van der Waals surface area contributed by atoms with Crippen LogP contribution in [0.2, 0.25) is 0 Å². The van der Waals surface area contributed by atoms with Crippen molar-refractivity contribution in [3.8, 4) is 12.1 Å². The summed E-state index contributed by atoms with van der Waals surface area (Å²) in [7, 11) is 0. The van der Waals surface area contributed by atoms with Crippen LogP contribution in [0.15, 0.2) is 54.6 Å². The van der Waals surface area contributed by atoms with E-state index in [1.54, 1.807) is 0 Å². The highest BCUT2D eigenvalue weighted by molar-refractivity contribution is 5.51. The van der Waals surface area contributed by atoms with Gasteiger partial charge in [-0.3, -0.25) is 0 Å². The van der Waals surface area contributed by atoms with Gasteiger partial charge >= 0.3 is 0 Å². The molecule has 0 spiro atoms. The Morgan fingerprint density at radius 1 is 1.00 bits per heavy atom. The van der Waals surface area contributed by atoms with Crippen LogP contribution in [0.1, 0.15) is 35.4 Å². The molecule has 1 aliphatic carbocycles. The molecule has 3 rings (SSSR count). The van der Waals surface area contributed by atoms with E-state index in [1.807, 2.05) is 36.4 Å². The Bertz CT molecular complexity index is 706. The molecule has 0 aromatic heterocycles. The molecule has 1 aliphatic rings. The molecule has 2 aromatic rings. The molecular weight excluding hydrogens is 244 g/mol. The van der Waals surface area contributed by atoms with E-state index in [-0.39, 0.29) is 12.3 Å². The Balaban J connectivity index is 2.15. The summed E-state index contributed by atoms with van der Waals surface area (Å²) in [6, 6.07) is 22.9. The average Bonchev–Trinajstić information content (AvgIpc) is 2.84. The molecule has 2 aromatic carbocycles. The molecule has 2 nitrogen and oxygen atoms in total. The first-order valence-corrected chi connectivity index (χ1v) is 6.73. The maximum atomic E-state index is 9.66. The van der Waals surface area contributed by atoms with Gasteiger partial charge in [0.25, 0.3) is 0 Å². The Labute approximate surface area is 118 Å². The van der Waals surface area contributed by atoms with E-state index in [9.17, 15) is 5.26 Å². The molecule has 0 heterocycles. The average molecular weight is 258 g/mol. The van der Waals surface area contributed by atoms with Crippen LogP contribution in [0, 0.1) is 22.7 Å². The molecule has 96 valence electrons. The first-order chi connectivity index (χ1) is 9.80. The number of hydrogen-bond acceptors (Lipinski definition) is 2. The van der Waals surface area contributed by atoms with Crippen molar-refractivity contribution in [1.82, 2.24) is 0 Å². The van der Waals surface area contributed by atoms with Crippen LogP contribution in [0.25, 0.3) is 0 Å². The predicted octanol–water partition coefficient (Wildman–Crippen LogP) is 3.90. The first-order valence-electron chi connectivity index (χ1n) is 6.73. The maximum absolute atomic E-state index is 9.66.